The highest BCUT2D eigenvalue weighted by atomic mass is 16.3. The van der Waals surface area contributed by atoms with Crippen LogP contribution in [0.2, 0.25) is 0 Å². The Labute approximate surface area is 302 Å². The molecule has 0 saturated carbocycles. The van der Waals surface area contributed by atoms with Crippen molar-refractivity contribution in [2.45, 2.75) is 0 Å². The minimum absolute atomic E-state index is 0.903. The lowest BCUT2D eigenvalue weighted by Crippen LogP contribution is -2.10. The largest absolute Gasteiger partial charge is 0.455 e. The fourth-order valence-electron chi connectivity index (χ4n) is 7.77. The number of furan rings is 1. The van der Waals surface area contributed by atoms with Crippen LogP contribution in [0.3, 0.4) is 0 Å². The van der Waals surface area contributed by atoms with Gasteiger partial charge in [-0.2, -0.15) is 0 Å². The summed E-state index contributed by atoms with van der Waals surface area (Å²) in [6.45, 7) is 0. The van der Waals surface area contributed by atoms with Crippen LogP contribution in [0.4, 0.5) is 17.1 Å². The molecule has 0 unspecified atom stereocenters. The Morgan fingerprint density at radius 3 is 1.42 bits per heavy atom. The number of rotatable bonds is 6. The quantitative estimate of drug-likeness (QED) is 0.176. The van der Waals surface area contributed by atoms with Gasteiger partial charge in [-0.15, -0.1) is 0 Å². The first kappa shape index (κ1) is 30.0. The second kappa shape index (κ2) is 12.5. The van der Waals surface area contributed by atoms with E-state index in [-0.39, 0.29) is 0 Å². The van der Waals surface area contributed by atoms with Crippen molar-refractivity contribution in [1.29, 1.82) is 0 Å². The van der Waals surface area contributed by atoms with Crippen LogP contribution in [-0.4, -0.2) is 0 Å². The molecule has 2 nitrogen and oxygen atoms in total. The summed E-state index contributed by atoms with van der Waals surface area (Å²) in [7, 11) is 0. The Bertz CT molecular complexity index is 2770. The number of para-hydroxylation sites is 2. The van der Waals surface area contributed by atoms with E-state index in [1.54, 1.807) is 0 Å². The molecule has 0 aliphatic heterocycles. The average molecular weight is 664 g/mol. The molecular weight excluding hydrogens is 631 g/mol. The zero-order valence-electron chi connectivity index (χ0n) is 28.4. The predicted octanol–water partition coefficient (Wildman–Crippen LogP) is 14.4. The van der Waals surface area contributed by atoms with E-state index in [0.29, 0.717) is 0 Å². The van der Waals surface area contributed by atoms with Crippen molar-refractivity contribution in [2.24, 2.45) is 0 Å². The third-order valence-electron chi connectivity index (χ3n) is 10.3. The van der Waals surface area contributed by atoms with Crippen LogP contribution in [-0.2, 0) is 0 Å². The molecule has 0 N–H and O–H groups in total. The predicted molar refractivity (Wildman–Crippen MR) is 220 cm³/mol. The summed E-state index contributed by atoms with van der Waals surface area (Å²) in [6.07, 6.45) is 0. The average Bonchev–Trinajstić information content (AvgIpc) is 3.60. The third-order valence-corrected chi connectivity index (χ3v) is 10.3. The zero-order valence-corrected chi connectivity index (χ0v) is 28.4. The van der Waals surface area contributed by atoms with Crippen molar-refractivity contribution >= 4 is 60.5 Å². The molecule has 0 fully saturated rings. The van der Waals surface area contributed by atoms with Gasteiger partial charge in [0, 0.05) is 33.4 Å². The second-order valence-corrected chi connectivity index (χ2v) is 13.3. The van der Waals surface area contributed by atoms with Crippen LogP contribution in [0.1, 0.15) is 0 Å². The molecule has 0 aliphatic rings. The van der Waals surface area contributed by atoms with Crippen molar-refractivity contribution in [3.63, 3.8) is 0 Å². The molecule has 0 aliphatic carbocycles. The number of nitrogens with zero attached hydrogens (tertiary/aromatic N) is 1. The van der Waals surface area contributed by atoms with E-state index in [0.717, 1.165) is 50.1 Å². The van der Waals surface area contributed by atoms with E-state index >= 15 is 0 Å². The standard InChI is InChI=1S/C50H33NO/c1-3-17-42-34(11-1)13-8-20-44(42)36-25-29-39(30-26-36)51(40-31-27-37(28-32-40)45-21-9-14-35-12-2-4-18-43(35)45)41-16-7-15-38(33-41)46-22-10-23-48-47-19-5-6-24-49(47)52-50(46)48/h1-33H. The number of anilines is 3. The third kappa shape index (κ3) is 5.12. The Kier molecular flexibility index (Phi) is 7.18. The molecule has 2 heteroatoms. The van der Waals surface area contributed by atoms with Gasteiger partial charge in [-0.25, -0.2) is 0 Å². The Morgan fingerprint density at radius 2 is 0.788 bits per heavy atom. The van der Waals surface area contributed by atoms with Gasteiger partial charge in [0.1, 0.15) is 11.2 Å². The zero-order chi connectivity index (χ0) is 34.4. The van der Waals surface area contributed by atoms with Gasteiger partial charge in [0.05, 0.1) is 0 Å². The highest BCUT2D eigenvalue weighted by Crippen LogP contribution is 2.41. The van der Waals surface area contributed by atoms with Crippen molar-refractivity contribution in [2.75, 3.05) is 4.90 Å². The fourth-order valence-corrected chi connectivity index (χ4v) is 7.77. The number of fused-ring (bicyclic) bond motifs is 5. The summed E-state index contributed by atoms with van der Waals surface area (Å²) in [5.41, 5.74) is 12.1. The number of benzene rings is 9. The Morgan fingerprint density at radius 1 is 0.308 bits per heavy atom. The molecule has 9 aromatic carbocycles. The van der Waals surface area contributed by atoms with Crippen LogP contribution in [0.5, 0.6) is 0 Å². The first-order chi connectivity index (χ1) is 25.8. The van der Waals surface area contributed by atoms with Crippen molar-refractivity contribution in [3.8, 4) is 33.4 Å². The molecule has 52 heavy (non-hydrogen) atoms. The van der Waals surface area contributed by atoms with Gasteiger partial charge >= 0.3 is 0 Å². The fraction of sp³-hybridized carbons (Fsp3) is 0. The molecule has 10 rings (SSSR count). The van der Waals surface area contributed by atoms with Crippen molar-refractivity contribution in [3.05, 3.63) is 200 Å². The van der Waals surface area contributed by atoms with E-state index in [4.69, 9.17) is 4.42 Å². The molecule has 0 spiro atoms. The number of hydrogen-bond acceptors (Lipinski definition) is 2. The SMILES string of the molecule is c1cc(-c2cccc3c2oc2ccccc23)cc(N(c2ccc(-c3cccc4ccccc34)cc2)c2ccc(-c3cccc4ccccc34)cc2)c1. The molecular formula is C50H33NO. The monoisotopic (exact) mass is 663 g/mol. The van der Waals surface area contributed by atoms with Crippen molar-refractivity contribution in [1.82, 2.24) is 0 Å². The maximum Gasteiger partial charge on any atom is 0.143 e. The maximum atomic E-state index is 6.47. The smallest absolute Gasteiger partial charge is 0.143 e. The topological polar surface area (TPSA) is 16.4 Å². The summed E-state index contributed by atoms with van der Waals surface area (Å²) < 4.78 is 6.47. The van der Waals surface area contributed by atoms with Gasteiger partial charge in [0.2, 0.25) is 0 Å². The van der Waals surface area contributed by atoms with Crippen LogP contribution in [0, 0.1) is 0 Å². The van der Waals surface area contributed by atoms with Gasteiger partial charge in [-0.3, -0.25) is 0 Å². The van der Waals surface area contributed by atoms with Crippen LogP contribution < -0.4 is 4.90 Å². The summed E-state index contributed by atoms with van der Waals surface area (Å²) in [5.74, 6) is 0. The number of hydrogen-bond donors (Lipinski definition) is 0. The summed E-state index contributed by atoms with van der Waals surface area (Å²) in [4.78, 5) is 2.35. The normalized spacial score (nSPS) is 11.5. The summed E-state index contributed by atoms with van der Waals surface area (Å²) in [5, 5.41) is 7.26. The highest BCUT2D eigenvalue weighted by molar-refractivity contribution is 6.09. The summed E-state index contributed by atoms with van der Waals surface area (Å²) >= 11 is 0. The van der Waals surface area contributed by atoms with Gasteiger partial charge in [0.15, 0.2) is 0 Å². The lowest BCUT2D eigenvalue weighted by molar-refractivity contribution is 0.670. The molecule has 0 radical (unpaired) electrons. The molecule has 1 aromatic heterocycles. The van der Waals surface area contributed by atoms with E-state index in [1.165, 1.54) is 43.8 Å². The molecule has 1 heterocycles. The van der Waals surface area contributed by atoms with Crippen LogP contribution in [0.15, 0.2) is 205 Å². The van der Waals surface area contributed by atoms with Crippen LogP contribution >= 0.6 is 0 Å². The first-order valence-corrected chi connectivity index (χ1v) is 17.8. The maximum absolute atomic E-state index is 6.47. The molecule has 244 valence electrons. The lowest BCUT2D eigenvalue weighted by Gasteiger charge is -2.26. The van der Waals surface area contributed by atoms with E-state index in [9.17, 15) is 0 Å². The van der Waals surface area contributed by atoms with Gasteiger partial charge in [0.25, 0.3) is 0 Å². The molecule has 0 bridgehead atoms. The Balaban J connectivity index is 1.10. The van der Waals surface area contributed by atoms with E-state index in [2.05, 4.69) is 193 Å². The minimum atomic E-state index is 0.903. The van der Waals surface area contributed by atoms with Gasteiger partial charge in [-0.05, 0) is 91.8 Å². The lowest BCUT2D eigenvalue weighted by atomic mass is 9.97. The second-order valence-electron chi connectivity index (χ2n) is 13.3. The Hall–Kier alpha value is -6.90. The summed E-state index contributed by atoms with van der Waals surface area (Å²) in [6, 6.07) is 71.7. The molecule has 10 aromatic rings. The van der Waals surface area contributed by atoms with Gasteiger partial charge in [-0.1, -0.05) is 158 Å². The van der Waals surface area contributed by atoms with E-state index in [1.807, 2.05) is 12.1 Å². The van der Waals surface area contributed by atoms with E-state index < -0.39 is 0 Å². The molecule has 0 atom stereocenters. The molecule has 0 amide bonds. The van der Waals surface area contributed by atoms with Gasteiger partial charge < -0.3 is 9.32 Å². The van der Waals surface area contributed by atoms with Crippen molar-refractivity contribution < 1.29 is 4.42 Å². The minimum Gasteiger partial charge on any atom is -0.455 e. The highest BCUT2D eigenvalue weighted by Gasteiger charge is 2.17. The molecule has 0 saturated heterocycles. The first-order valence-electron chi connectivity index (χ1n) is 17.8. The van der Waals surface area contributed by atoms with Crippen LogP contribution in [0.25, 0.3) is 76.9 Å².